The second kappa shape index (κ2) is 4.69. The van der Waals surface area contributed by atoms with Gasteiger partial charge in [0.1, 0.15) is 0 Å². The lowest BCUT2D eigenvalue weighted by Gasteiger charge is -2.14. The van der Waals surface area contributed by atoms with Crippen LogP contribution < -0.4 is 0 Å². The van der Waals surface area contributed by atoms with Crippen LogP contribution in [0.15, 0.2) is 18.2 Å². The Labute approximate surface area is 107 Å². The summed E-state index contributed by atoms with van der Waals surface area (Å²) in [6, 6.07) is 5.97. The molecule has 0 heterocycles. The van der Waals surface area contributed by atoms with Crippen LogP contribution in [0.5, 0.6) is 0 Å². The van der Waals surface area contributed by atoms with Crippen LogP contribution in [-0.2, 0) is 21.4 Å². The Morgan fingerprint density at radius 2 is 2.18 bits per heavy atom. The number of methoxy groups -OCH3 is 1. The molecule has 2 nitrogen and oxygen atoms in total. The minimum absolute atomic E-state index is 0.142. The molecule has 0 aromatic heterocycles. The summed E-state index contributed by atoms with van der Waals surface area (Å²) in [5, 5.41) is 0.763. The van der Waals surface area contributed by atoms with Gasteiger partial charge in [0.15, 0.2) is 0 Å². The molecule has 0 atom stereocenters. The van der Waals surface area contributed by atoms with Crippen molar-refractivity contribution in [2.75, 3.05) is 7.11 Å². The highest BCUT2D eigenvalue weighted by Crippen LogP contribution is 2.49. The van der Waals surface area contributed by atoms with Gasteiger partial charge in [-0.25, -0.2) is 0 Å². The van der Waals surface area contributed by atoms with Crippen molar-refractivity contribution in [2.24, 2.45) is 0 Å². The number of halogens is 1. The van der Waals surface area contributed by atoms with E-state index in [2.05, 4.69) is 6.92 Å². The number of carbonyl (C=O) groups excluding carboxylic acids is 1. The fourth-order valence-electron chi connectivity index (χ4n) is 2.25. The number of rotatable bonds is 4. The summed E-state index contributed by atoms with van der Waals surface area (Å²) in [5.74, 6) is -0.142. The van der Waals surface area contributed by atoms with Crippen LogP contribution >= 0.6 is 11.6 Å². The third-order valence-electron chi connectivity index (χ3n) is 3.45. The molecule has 0 radical (unpaired) electrons. The average molecular weight is 253 g/mol. The Bertz CT molecular complexity index is 436. The smallest absolute Gasteiger partial charge is 0.316 e. The molecule has 92 valence electrons. The molecule has 0 spiro atoms. The van der Waals surface area contributed by atoms with Crippen molar-refractivity contribution in [2.45, 2.75) is 38.0 Å². The first-order chi connectivity index (χ1) is 8.14. The van der Waals surface area contributed by atoms with E-state index in [0.717, 1.165) is 41.8 Å². The van der Waals surface area contributed by atoms with Crippen LogP contribution in [0.25, 0.3) is 0 Å². The van der Waals surface area contributed by atoms with Gasteiger partial charge < -0.3 is 4.74 Å². The van der Waals surface area contributed by atoms with Crippen molar-refractivity contribution in [3.63, 3.8) is 0 Å². The monoisotopic (exact) mass is 252 g/mol. The Hall–Kier alpha value is -1.02. The zero-order chi connectivity index (χ0) is 12.5. The van der Waals surface area contributed by atoms with Crippen molar-refractivity contribution in [1.29, 1.82) is 0 Å². The maximum atomic E-state index is 11.8. The van der Waals surface area contributed by atoms with Crippen molar-refractivity contribution in [3.05, 3.63) is 34.3 Å². The zero-order valence-corrected chi connectivity index (χ0v) is 11.0. The minimum atomic E-state index is -0.414. The molecule has 0 aliphatic heterocycles. The molecule has 0 amide bonds. The van der Waals surface area contributed by atoms with Crippen molar-refractivity contribution in [1.82, 2.24) is 0 Å². The lowest BCUT2D eigenvalue weighted by molar-refractivity contribution is -0.143. The fraction of sp³-hybridized carbons (Fsp3) is 0.500. The van der Waals surface area contributed by atoms with Gasteiger partial charge in [-0.3, -0.25) is 4.79 Å². The molecule has 0 N–H and O–H groups in total. The predicted molar refractivity (Wildman–Crippen MR) is 68.4 cm³/mol. The molecule has 17 heavy (non-hydrogen) atoms. The van der Waals surface area contributed by atoms with Crippen molar-refractivity contribution < 1.29 is 9.53 Å². The molecule has 0 unspecified atom stereocenters. The van der Waals surface area contributed by atoms with E-state index >= 15 is 0 Å². The number of esters is 1. The van der Waals surface area contributed by atoms with Crippen LogP contribution in [-0.4, -0.2) is 13.1 Å². The third-order valence-corrected chi connectivity index (χ3v) is 3.80. The number of carbonyl (C=O) groups is 1. The van der Waals surface area contributed by atoms with Gasteiger partial charge in [-0.15, -0.1) is 0 Å². The highest BCUT2D eigenvalue weighted by atomic mass is 35.5. The first-order valence-corrected chi connectivity index (χ1v) is 6.39. The van der Waals surface area contributed by atoms with E-state index in [0.29, 0.717) is 0 Å². The van der Waals surface area contributed by atoms with Crippen LogP contribution in [0.1, 0.15) is 37.3 Å². The molecular weight excluding hydrogens is 236 g/mol. The maximum Gasteiger partial charge on any atom is 0.316 e. The number of hydrogen-bond acceptors (Lipinski definition) is 2. The highest BCUT2D eigenvalue weighted by molar-refractivity contribution is 6.31. The van der Waals surface area contributed by atoms with Gasteiger partial charge in [-0.2, -0.15) is 0 Å². The normalized spacial score (nSPS) is 16.6. The molecule has 1 aromatic rings. The Morgan fingerprint density at radius 3 is 2.65 bits per heavy atom. The number of ether oxygens (including phenoxy) is 1. The summed E-state index contributed by atoms with van der Waals surface area (Å²) in [6.07, 6.45) is 3.78. The summed E-state index contributed by atoms with van der Waals surface area (Å²) in [6.45, 7) is 2.13. The van der Waals surface area contributed by atoms with Crippen LogP contribution in [0.3, 0.4) is 0 Å². The molecule has 3 heteroatoms. The van der Waals surface area contributed by atoms with Gasteiger partial charge in [-0.1, -0.05) is 37.1 Å². The summed E-state index contributed by atoms with van der Waals surface area (Å²) in [4.78, 5) is 11.8. The molecule has 1 aromatic carbocycles. The number of hydrogen-bond donors (Lipinski definition) is 0. The third kappa shape index (κ3) is 2.19. The van der Waals surface area contributed by atoms with Gasteiger partial charge in [0.25, 0.3) is 0 Å². The minimum Gasteiger partial charge on any atom is -0.468 e. The largest absolute Gasteiger partial charge is 0.468 e. The standard InChI is InChI=1S/C14H17ClO2/c1-3-4-10-5-6-11(9-12(10)15)14(7-8-14)13(16)17-2/h5-6,9H,3-4,7-8H2,1-2H3. The first-order valence-electron chi connectivity index (χ1n) is 6.01. The molecule has 1 aliphatic carbocycles. The Morgan fingerprint density at radius 1 is 1.47 bits per heavy atom. The molecule has 1 saturated carbocycles. The lowest BCUT2D eigenvalue weighted by Crippen LogP contribution is -2.21. The van der Waals surface area contributed by atoms with Gasteiger partial charge >= 0.3 is 5.97 Å². The quantitative estimate of drug-likeness (QED) is 0.767. The van der Waals surface area contributed by atoms with Gasteiger partial charge in [0, 0.05) is 5.02 Å². The summed E-state index contributed by atoms with van der Waals surface area (Å²) >= 11 is 6.24. The lowest BCUT2D eigenvalue weighted by atomic mass is 9.94. The van der Waals surface area contributed by atoms with Gasteiger partial charge in [0.05, 0.1) is 12.5 Å². The second-order valence-electron chi connectivity index (χ2n) is 4.63. The van der Waals surface area contributed by atoms with Crippen molar-refractivity contribution >= 4 is 17.6 Å². The van der Waals surface area contributed by atoms with E-state index in [4.69, 9.17) is 16.3 Å². The van der Waals surface area contributed by atoms with Crippen LogP contribution in [0.4, 0.5) is 0 Å². The van der Waals surface area contributed by atoms with E-state index < -0.39 is 5.41 Å². The number of benzene rings is 1. The molecule has 1 aliphatic rings. The maximum absolute atomic E-state index is 11.8. The molecule has 1 fully saturated rings. The molecule has 0 saturated heterocycles. The van der Waals surface area contributed by atoms with Crippen LogP contribution in [0.2, 0.25) is 5.02 Å². The number of aryl methyl sites for hydroxylation is 1. The Balaban J connectivity index is 2.29. The molecule has 2 rings (SSSR count). The fourth-order valence-corrected chi connectivity index (χ4v) is 2.52. The van der Waals surface area contributed by atoms with E-state index in [1.54, 1.807) is 0 Å². The van der Waals surface area contributed by atoms with Crippen LogP contribution in [0, 0.1) is 0 Å². The zero-order valence-electron chi connectivity index (χ0n) is 10.3. The second-order valence-corrected chi connectivity index (χ2v) is 5.04. The van der Waals surface area contributed by atoms with E-state index in [-0.39, 0.29) is 5.97 Å². The highest BCUT2D eigenvalue weighted by Gasteiger charge is 2.52. The summed E-state index contributed by atoms with van der Waals surface area (Å²) in [7, 11) is 1.44. The van der Waals surface area contributed by atoms with Gasteiger partial charge in [0.2, 0.25) is 0 Å². The van der Waals surface area contributed by atoms with Gasteiger partial charge in [-0.05, 0) is 36.5 Å². The summed E-state index contributed by atoms with van der Waals surface area (Å²) < 4.78 is 4.87. The topological polar surface area (TPSA) is 26.3 Å². The van der Waals surface area contributed by atoms with Crippen molar-refractivity contribution in [3.8, 4) is 0 Å². The predicted octanol–water partition coefficient (Wildman–Crippen LogP) is 3.50. The summed E-state index contributed by atoms with van der Waals surface area (Å²) in [5.41, 5.74) is 1.73. The Kier molecular flexibility index (Phi) is 3.43. The van der Waals surface area contributed by atoms with E-state index in [9.17, 15) is 4.79 Å². The van der Waals surface area contributed by atoms with E-state index in [1.807, 2.05) is 18.2 Å². The molecule has 0 bridgehead atoms. The molecular formula is C14H17ClO2. The van der Waals surface area contributed by atoms with E-state index in [1.165, 1.54) is 7.11 Å². The first kappa shape index (κ1) is 12.4. The SMILES string of the molecule is CCCc1ccc(C2(C(=O)OC)CC2)cc1Cl. The average Bonchev–Trinajstić information content (AvgIpc) is 3.12.